The first-order chi connectivity index (χ1) is 10.5. The smallest absolute Gasteiger partial charge is 0.258 e. The van der Waals surface area contributed by atoms with Gasteiger partial charge < -0.3 is 21.1 Å². The summed E-state index contributed by atoms with van der Waals surface area (Å²) < 4.78 is 5.29. The number of nitrogens with two attached hydrogens (primary N) is 1. The molecule has 23 heavy (non-hydrogen) atoms. The first-order valence-corrected chi connectivity index (χ1v) is 7.45. The molecular weight excluding hydrogens is 318 g/mol. The van der Waals surface area contributed by atoms with Crippen LogP contribution in [-0.4, -0.2) is 37.6 Å². The highest BCUT2D eigenvalue weighted by Crippen LogP contribution is 2.07. The molecule has 0 fully saturated rings. The zero-order chi connectivity index (χ0) is 16.4. The second-order valence-corrected chi connectivity index (χ2v) is 5.51. The fourth-order valence-electron chi connectivity index (χ4n) is 1.96. The van der Waals surface area contributed by atoms with Gasteiger partial charge in [-0.15, -0.1) is 12.4 Å². The Hall–Kier alpha value is -1.79. The maximum Gasteiger partial charge on any atom is 0.258 e. The number of para-hydroxylation sites is 1. The van der Waals surface area contributed by atoms with Crippen molar-refractivity contribution in [3.05, 3.63) is 30.3 Å². The summed E-state index contributed by atoms with van der Waals surface area (Å²) in [7, 11) is 0. The van der Waals surface area contributed by atoms with Crippen molar-refractivity contribution < 1.29 is 14.3 Å². The number of halogens is 1. The van der Waals surface area contributed by atoms with Gasteiger partial charge in [0.05, 0.1) is 6.54 Å². The van der Waals surface area contributed by atoms with Crippen LogP contribution >= 0.6 is 12.4 Å². The molecular formula is C16H26ClN3O3. The molecule has 0 aliphatic rings. The van der Waals surface area contributed by atoms with Gasteiger partial charge >= 0.3 is 0 Å². The summed E-state index contributed by atoms with van der Waals surface area (Å²) in [5.74, 6) is 0.473. The average Bonchev–Trinajstić information content (AvgIpc) is 2.50. The minimum Gasteiger partial charge on any atom is -0.484 e. The van der Waals surface area contributed by atoms with Crippen LogP contribution in [0.2, 0.25) is 0 Å². The first-order valence-electron chi connectivity index (χ1n) is 7.45. The number of amides is 2. The Balaban J connectivity index is 0.00000484. The van der Waals surface area contributed by atoms with Crippen molar-refractivity contribution in [2.24, 2.45) is 11.7 Å². The second-order valence-electron chi connectivity index (χ2n) is 5.51. The van der Waals surface area contributed by atoms with Crippen molar-refractivity contribution in [1.82, 2.24) is 10.6 Å². The van der Waals surface area contributed by atoms with Crippen LogP contribution in [-0.2, 0) is 9.59 Å². The summed E-state index contributed by atoms with van der Waals surface area (Å²) in [5, 5.41) is 5.33. The van der Waals surface area contributed by atoms with E-state index in [-0.39, 0.29) is 43.4 Å². The molecule has 1 aromatic carbocycles. The molecule has 0 aromatic heterocycles. The number of nitrogens with one attached hydrogen (secondary N) is 2. The van der Waals surface area contributed by atoms with E-state index in [1.807, 2.05) is 18.2 Å². The van der Waals surface area contributed by atoms with Gasteiger partial charge in [0, 0.05) is 12.6 Å². The van der Waals surface area contributed by atoms with Gasteiger partial charge in [-0.25, -0.2) is 0 Å². The number of rotatable bonds is 9. The van der Waals surface area contributed by atoms with Crippen molar-refractivity contribution in [2.45, 2.75) is 26.3 Å². The zero-order valence-corrected chi connectivity index (χ0v) is 14.4. The Morgan fingerprint density at radius 1 is 1.17 bits per heavy atom. The highest BCUT2D eigenvalue weighted by Gasteiger charge is 2.13. The first kappa shape index (κ1) is 21.2. The van der Waals surface area contributed by atoms with Crippen LogP contribution in [0.4, 0.5) is 0 Å². The third kappa shape index (κ3) is 9.76. The number of ether oxygens (including phenoxy) is 1. The van der Waals surface area contributed by atoms with E-state index in [2.05, 4.69) is 24.5 Å². The zero-order valence-electron chi connectivity index (χ0n) is 13.6. The predicted octanol–water partition coefficient (Wildman–Crippen LogP) is 1.09. The highest BCUT2D eigenvalue weighted by atomic mass is 35.5. The number of hydrogen-bond acceptors (Lipinski definition) is 4. The molecule has 0 radical (unpaired) electrons. The van der Waals surface area contributed by atoms with E-state index < -0.39 is 0 Å². The summed E-state index contributed by atoms with van der Waals surface area (Å²) in [4.78, 5) is 23.4. The molecule has 0 aliphatic heterocycles. The third-order valence-corrected chi connectivity index (χ3v) is 2.96. The molecule has 0 heterocycles. The molecule has 1 rings (SSSR count). The van der Waals surface area contributed by atoms with E-state index in [0.29, 0.717) is 18.2 Å². The standard InChI is InChI=1S/C16H25N3O3.ClH/c1-12(2)8-13(9-17)19-15(20)10-18-16(21)11-22-14-6-4-3-5-7-14;/h3-7,12-13H,8-11,17H2,1-2H3,(H,18,21)(H,19,20);1H. The summed E-state index contributed by atoms with van der Waals surface area (Å²) >= 11 is 0. The number of hydrogen-bond donors (Lipinski definition) is 3. The SMILES string of the molecule is CC(C)CC(CN)NC(=O)CNC(=O)COc1ccccc1.Cl. The van der Waals surface area contributed by atoms with Crippen molar-refractivity contribution in [1.29, 1.82) is 0 Å². The molecule has 2 amide bonds. The normalized spacial score (nSPS) is 11.3. The molecule has 1 aromatic rings. The number of carbonyl (C=O) groups excluding carboxylic acids is 2. The average molecular weight is 344 g/mol. The van der Waals surface area contributed by atoms with Gasteiger partial charge in [0.2, 0.25) is 5.91 Å². The lowest BCUT2D eigenvalue weighted by Gasteiger charge is -2.18. The minimum absolute atomic E-state index is 0. The fourth-order valence-corrected chi connectivity index (χ4v) is 1.96. The molecule has 1 atom stereocenters. The van der Waals surface area contributed by atoms with Crippen molar-refractivity contribution in [3.63, 3.8) is 0 Å². The predicted molar refractivity (Wildman–Crippen MR) is 92.6 cm³/mol. The van der Waals surface area contributed by atoms with Crippen molar-refractivity contribution >= 4 is 24.2 Å². The molecule has 0 saturated carbocycles. The van der Waals surface area contributed by atoms with E-state index in [4.69, 9.17) is 10.5 Å². The molecule has 0 aliphatic carbocycles. The van der Waals surface area contributed by atoms with Crippen LogP contribution in [0.1, 0.15) is 20.3 Å². The Morgan fingerprint density at radius 2 is 1.83 bits per heavy atom. The van der Waals surface area contributed by atoms with E-state index in [1.165, 1.54) is 0 Å². The van der Waals surface area contributed by atoms with E-state index in [0.717, 1.165) is 6.42 Å². The van der Waals surface area contributed by atoms with Crippen LogP contribution < -0.4 is 21.1 Å². The van der Waals surface area contributed by atoms with Gasteiger partial charge in [-0.2, -0.15) is 0 Å². The monoisotopic (exact) mass is 343 g/mol. The molecule has 7 heteroatoms. The van der Waals surface area contributed by atoms with Crippen molar-refractivity contribution in [2.75, 3.05) is 19.7 Å². The Bertz CT molecular complexity index is 469. The fraction of sp³-hybridized carbons (Fsp3) is 0.500. The Labute approximate surface area is 143 Å². The van der Waals surface area contributed by atoms with Gasteiger partial charge in [0.25, 0.3) is 5.91 Å². The van der Waals surface area contributed by atoms with Gasteiger partial charge in [0.1, 0.15) is 5.75 Å². The largest absolute Gasteiger partial charge is 0.484 e. The van der Waals surface area contributed by atoms with E-state index >= 15 is 0 Å². The topological polar surface area (TPSA) is 93.5 Å². The lowest BCUT2D eigenvalue weighted by atomic mass is 10.0. The number of benzene rings is 1. The molecule has 1 unspecified atom stereocenters. The summed E-state index contributed by atoms with van der Waals surface area (Å²) in [5.41, 5.74) is 5.62. The maximum absolute atomic E-state index is 11.8. The van der Waals surface area contributed by atoms with Crippen molar-refractivity contribution in [3.8, 4) is 5.75 Å². The lowest BCUT2D eigenvalue weighted by Crippen LogP contribution is -2.46. The van der Waals surface area contributed by atoms with Gasteiger partial charge in [-0.05, 0) is 24.5 Å². The lowest BCUT2D eigenvalue weighted by molar-refractivity contribution is -0.127. The summed E-state index contributed by atoms with van der Waals surface area (Å²) in [6.07, 6.45) is 0.813. The van der Waals surface area contributed by atoms with Gasteiger partial charge in [-0.3, -0.25) is 9.59 Å². The van der Waals surface area contributed by atoms with Gasteiger partial charge in [0.15, 0.2) is 6.61 Å². The highest BCUT2D eigenvalue weighted by molar-refractivity contribution is 5.85. The molecule has 0 saturated heterocycles. The number of carbonyl (C=O) groups is 2. The second kappa shape index (κ2) is 11.7. The molecule has 4 N–H and O–H groups in total. The Morgan fingerprint density at radius 3 is 2.39 bits per heavy atom. The van der Waals surface area contributed by atoms with Crippen LogP contribution in [0.5, 0.6) is 5.75 Å². The quantitative estimate of drug-likeness (QED) is 0.625. The summed E-state index contributed by atoms with van der Waals surface area (Å²) in [6.45, 7) is 4.32. The molecule has 0 spiro atoms. The van der Waals surface area contributed by atoms with Crippen LogP contribution in [0, 0.1) is 5.92 Å². The Kier molecular flexibility index (Phi) is 10.8. The molecule has 130 valence electrons. The molecule has 6 nitrogen and oxygen atoms in total. The van der Waals surface area contributed by atoms with Gasteiger partial charge in [-0.1, -0.05) is 32.0 Å². The maximum atomic E-state index is 11.8. The van der Waals surface area contributed by atoms with E-state index in [1.54, 1.807) is 12.1 Å². The third-order valence-electron chi connectivity index (χ3n) is 2.96. The van der Waals surface area contributed by atoms with Crippen LogP contribution in [0.25, 0.3) is 0 Å². The van der Waals surface area contributed by atoms with E-state index in [9.17, 15) is 9.59 Å². The summed E-state index contributed by atoms with van der Waals surface area (Å²) in [6, 6.07) is 8.97. The minimum atomic E-state index is -0.341. The molecule has 0 bridgehead atoms. The van der Waals surface area contributed by atoms with Crippen LogP contribution in [0.15, 0.2) is 30.3 Å². The van der Waals surface area contributed by atoms with Crippen LogP contribution in [0.3, 0.4) is 0 Å².